The smallest absolute Gasteiger partial charge is 0.255 e. The summed E-state index contributed by atoms with van der Waals surface area (Å²) < 4.78 is 5.46. The van der Waals surface area contributed by atoms with Crippen LogP contribution < -0.4 is 10.1 Å². The van der Waals surface area contributed by atoms with E-state index in [1.807, 2.05) is 97.9 Å². The van der Waals surface area contributed by atoms with Crippen molar-refractivity contribution in [2.45, 2.75) is 6.92 Å². The lowest BCUT2D eigenvalue weighted by atomic mass is 10.0. The third-order valence-corrected chi connectivity index (χ3v) is 5.44. The number of amides is 1. The summed E-state index contributed by atoms with van der Waals surface area (Å²) in [6.07, 6.45) is 0. The van der Waals surface area contributed by atoms with Crippen LogP contribution in [-0.4, -0.2) is 22.5 Å². The highest BCUT2D eigenvalue weighted by Crippen LogP contribution is 2.31. The van der Waals surface area contributed by atoms with E-state index in [9.17, 15) is 4.79 Å². The first-order valence-corrected chi connectivity index (χ1v) is 11.2. The van der Waals surface area contributed by atoms with E-state index < -0.39 is 0 Å². The van der Waals surface area contributed by atoms with Crippen molar-refractivity contribution in [2.75, 3.05) is 11.9 Å². The van der Waals surface area contributed by atoms with Gasteiger partial charge in [-0.1, -0.05) is 60.7 Å². The van der Waals surface area contributed by atoms with Crippen LogP contribution in [0.3, 0.4) is 0 Å². The second kappa shape index (κ2) is 9.55. The van der Waals surface area contributed by atoms with Gasteiger partial charge in [-0.2, -0.15) is 0 Å². The van der Waals surface area contributed by atoms with Gasteiger partial charge in [-0.3, -0.25) is 4.79 Å². The number of carbonyl (C=O) groups excluding carboxylic acids is 1. The minimum atomic E-state index is -0.207. The molecule has 166 valence electrons. The fraction of sp³-hybridized carbons (Fsp3) is 0.0690. The molecule has 1 N–H and O–H groups in total. The summed E-state index contributed by atoms with van der Waals surface area (Å²) in [7, 11) is 0. The maximum absolute atomic E-state index is 12.9. The van der Waals surface area contributed by atoms with Crippen LogP contribution in [0.2, 0.25) is 0 Å². The molecule has 5 heteroatoms. The van der Waals surface area contributed by atoms with Crippen molar-refractivity contribution < 1.29 is 9.53 Å². The normalized spacial score (nSPS) is 10.7. The van der Waals surface area contributed by atoms with Gasteiger partial charge in [0.25, 0.3) is 5.91 Å². The van der Waals surface area contributed by atoms with Crippen LogP contribution >= 0.6 is 0 Å². The van der Waals surface area contributed by atoms with E-state index in [0.717, 1.165) is 33.8 Å². The fourth-order valence-corrected chi connectivity index (χ4v) is 3.79. The molecule has 4 aromatic carbocycles. The van der Waals surface area contributed by atoms with E-state index in [4.69, 9.17) is 14.7 Å². The molecule has 1 heterocycles. The number of aromatic nitrogens is 2. The highest BCUT2D eigenvalue weighted by Gasteiger charge is 2.15. The van der Waals surface area contributed by atoms with Crippen LogP contribution in [-0.2, 0) is 0 Å². The molecule has 0 bridgehead atoms. The van der Waals surface area contributed by atoms with E-state index in [1.165, 1.54) is 0 Å². The Hall–Kier alpha value is -4.51. The van der Waals surface area contributed by atoms with Gasteiger partial charge in [0.2, 0.25) is 0 Å². The van der Waals surface area contributed by atoms with Gasteiger partial charge in [0.05, 0.1) is 29.0 Å². The average Bonchev–Trinajstić information content (AvgIpc) is 2.90. The second-order valence-electron chi connectivity index (χ2n) is 7.77. The van der Waals surface area contributed by atoms with E-state index >= 15 is 0 Å². The number of carbonyl (C=O) groups is 1. The van der Waals surface area contributed by atoms with Gasteiger partial charge in [-0.25, -0.2) is 9.97 Å². The van der Waals surface area contributed by atoms with Crippen LogP contribution in [0.4, 0.5) is 5.69 Å². The molecule has 0 aliphatic carbocycles. The maximum Gasteiger partial charge on any atom is 0.255 e. The van der Waals surface area contributed by atoms with Crippen LogP contribution in [0.25, 0.3) is 33.5 Å². The van der Waals surface area contributed by atoms with Gasteiger partial charge >= 0.3 is 0 Å². The van der Waals surface area contributed by atoms with Crippen molar-refractivity contribution in [3.8, 4) is 28.3 Å². The number of benzene rings is 4. The molecule has 0 saturated heterocycles. The Morgan fingerprint density at radius 1 is 0.735 bits per heavy atom. The largest absolute Gasteiger partial charge is 0.494 e. The monoisotopic (exact) mass is 445 g/mol. The van der Waals surface area contributed by atoms with Crippen molar-refractivity contribution >= 4 is 22.6 Å². The number of hydrogen-bond donors (Lipinski definition) is 1. The molecule has 0 saturated carbocycles. The molecular weight excluding hydrogens is 422 g/mol. The SMILES string of the molecule is CCOc1ccc(NC(=O)c2ccc3nc(-c4ccccc4)c(-c4ccccc4)nc3c2)cc1. The molecule has 0 radical (unpaired) electrons. The van der Waals surface area contributed by atoms with Crippen LogP contribution in [0, 0.1) is 0 Å². The summed E-state index contributed by atoms with van der Waals surface area (Å²) >= 11 is 0. The molecular formula is C29H23N3O2. The molecule has 5 aromatic rings. The van der Waals surface area contributed by atoms with Crippen LogP contribution in [0.1, 0.15) is 17.3 Å². The number of fused-ring (bicyclic) bond motifs is 1. The van der Waals surface area contributed by atoms with Crippen molar-refractivity contribution in [1.82, 2.24) is 9.97 Å². The predicted octanol–water partition coefficient (Wildman–Crippen LogP) is 6.61. The number of nitrogens with zero attached hydrogens (tertiary/aromatic N) is 2. The van der Waals surface area contributed by atoms with Crippen LogP contribution in [0.5, 0.6) is 5.75 Å². The topological polar surface area (TPSA) is 64.1 Å². The molecule has 34 heavy (non-hydrogen) atoms. The number of nitrogens with one attached hydrogen (secondary N) is 1. The highest BCUT2D eigenvalue weighted by atomic mass is 16.5. The Bertz CT molecular complexity index is 1430. The standard InChI is InChI=1S/C29H23N3O2/c1-2-34-24-16-14-23(15-17-24)30-29(33)22-13-18-25-26(19-22)32-28(21-11-7-4-8-12-21)27(31-25)20-9-5-3-6-10-20/h3-19H,2H2,1H3,(H,30,33). The summed E-state index contributed by atoms with van der Waals surface area (Å²) in [5.41, 5.74) is 6.17. The predicted molar refractivity (Wildman–Crippen MR) is 136 cm³/mol. The molecule has 5 rings (SSSR count). The summed E-state index contributed by atoms with van der Waals surface area (Å²) in [6.45, 7) is 2.53. The number of hydrogen-bond acceptors (Lipinski definition) is 4. The first-order valence-electron chi connectivity index (χ1n) is 11.2. The molecule has 1 amide bonds. The Morgan fingerprint density at radius 3 is 1.91 bits per heavy atom. The lowest BCUT2D eigenvalue weighted by Gasteiger charge is -2.12. The van der Waals surface area contributed by atoms with Gasteiger partial charge < -0.3 is 10.1 Å². The highest BCUT2D eigenvalue weighted by molar-refractivity contribution is 6.06. The van der Waals surface area contributed by atoms with Gasteiger partial charge in [0.15, 0.2) is 0 Å². The Labute approximate surface area is 198 Å². The zero-order chi connectivity index (χ0) is 23.3. The third kappa shape index (κ3) is 4.50. The first-order chi connectivity index (χ1) is 16.7. The van der Waals surface area contributed by atoms with E-state index in [-0.39, 0.29) is 5.91 Å². The quantitative estimate of drug-likeness (QED) is 0.319. The lowest BCUT2D eigenvalue weighted by Crippen LogP contribution is -2.12. The summed E-state index contributed by atoms with van der Waals surface area (Å²) in [4.78, 5) is 22.8. The van der Waals surface area contributed by atoms with E-state index in [2.05, 4.69) is 5.32 Å². The third-order valence-electron chi connectivity index (χ3n) is 5.44. The number of ether oxygens (including phenoxy) is 1. The van der Waals surface area contributed by atoms with Gasteiger partial charge in [-0.15, -0.1) is 0 Å². The second-order valence-corrected chi connectivity index (χ2v) is 7.77. The van der Waals surface area contributed by atoms with Crippen molar-refractivity contribution in [3.63, 3.8) is 0 Å². The molecule has 0 spiro atoms. The lowest BCUT2D eigenvalue weighted by molar-refractivity contribution is 0.102. The molecule has 0 aliphatic heterocycles. The van der Waals surface area contributed by atoms with E-state index in [1.54, 1.807) is 12.1 Å². The molecule has 1 aromatic heterocycles. The van der Waals surface area contributed by atoms with Crippen molar-refractivity contribution in [3.05, 3.63) is 109 Å². The van der Waals surface area contributed by atoms with Gasteiger partial charge in [0, 0.05) is 22.4 Å². The van der Waals surface area contributed by atoms with Gasteiger partial charge in [-0.05, 0) is 49.4 Å². The first kappa shape index (κ1) is 21.3. The number of rotatable bonds is 6. The zero-order valence-corrected chi connectivity index (χ0v) is 18.7. The van der Waals surface area contributed by atoms with Crippen molar-refractivity contribution in [2.24, 2.45) is 0 Å². The Balaban J connectivity index is 1.52. The molecule has 5 nitrogen and oxygen atoms in total. The van der Waals surface area contributed by atoms with Crippen molar-refractivity contribution in [1.29, 1.82) is 0 Å². The minimum Gasteiger partial charge on any atom is -0.494 e. The molecule has 0 aliphatic rings. The Kier molecular flexibility index (Phi) is 5.99. The molecule has 0 fully saturated rings. The summed E-state index contributed by atoms with van der Waals surface area (Å²) in [6, 6.07) is 32.7. The molecule has 0 unspecified atom stereocenters. The number of anilines is 1. The summed E-state index contributed by atoms with van der Waals surface area (Å²) in [5.74, 6) is 0.561. The van der Waals surface area contributed by atoms with Crippen LogP contribution in [0.15, 0.2) is 103 Å². The summed E-state index contributed by atoms with van der Waals surface area (Å²) in [5, 5.41) is 2.93. The fourth-order valence-electron chi connectivity index (χ4n) is 3.79. The van der Waals surface area contributed by atoms with Gasteiger partial charge in [0.1, 0.15) is 5.75 Å². The average molecular weight is 446 g/mol. The van der Waals surface area contributed by atoms with E-state index in [0.29, 0.717) is 23.4 Å². The maximum atomic E-state index is 12.9. The Morgan fingerprint density at radius 2 is 1.32 bits per heavy atom. The zero-order valence-electron chi connectivity index (χ0n) is 18.7. The molecule has 0 atom stereocenters. The minimum absolute atomic E-state index is 0.207.